The molecule has 1 aromatic carbocycles. The second-order valence-corrected chi connectivity index (χ2v) is 4.54. The molecule has 17 heavy (non-hydrogen) atoms. The highest BCUT2D eigenvalue weighted by atomic mass is 16.2. The molecule has 1 aliphatic heterocycles. The molecule has 1 heterocycles. The van der Waals surface area contributed by atoms with Crippen LogP contribution in [0.2, 0.25) is 0 Å². The van der Waals surface area contributed by atoms with E-state index in [1.807, 2.05) is 4.90 Å². The first-order valence-electron chi connectivity index (χ1n) is 5.95. The molecule has 92 valence electrons. The van der Waals surface area contributed by atoms with Gasteiger partial charge in [-0.05, 0) is 25.0 Å². The standard InChI is InChI=1S/C13H19N3O/c1-9-3-4-11(10(2)7-9)12-8-15-13(17)16(12)6-5-14/h3-4,7,12H,5-6,8,14H2,1-2H3,(H,15,17). The summed E-state index contributed by atoms with van der Waals surface area (Å²) in [7, 11) is 0. The summed E-state index contributed by atoms with van der Waals surface area (Å²) < 4.78 is 0. The molecule has 4 heteroatoms. The van der Waals surface area contributed by atoms with E-state index in [0.29, 0.717) is 19.6 Å². The van der Waals surface area contributed by atoms with E-state index >= 15 is 0 Å². The van der Waals surface area contributed by atoms with E-state index in [1.165, 1.54) is 16.7 Å². The molecular formula is C13H19N3O. The van der Waals surface area contributed by atoms with Crippen LogP contribution in [0.15, 0.2) is 18.2 Å². The molecule has 0 aromatic heterocycles. The van der Waals surface area contributed by atoms with Gasteiger partial charge in [0.15, 0.2) is 0 Å². The number of benzene rings is 1. The second kappa shape index (κ2) is 4.75. The number of nitrogens with zero attached hydrogens (tertiary/aromatic N) is 1. The Hall–Kier alpha value is -1.55. The topological polar surface area (TPSA) is 58.4 Å². The zero-order valence-electron chi connectivity index (χ0n) is 10.4. The van der Waals surface area contributed by atoms with Crippen molar-refractivity contribution in [3.8, 4) is 0 Å². The maximum absolute atomic E-state index is 11.7. The van der Waals surface area contributed by atoms with Crippen LogP contribution in [0, 0.1) is 13.8 Å². The zero-order valence-corrected chi connectivity index (χ0v) is 10.4. The molecule has 1 aromatic rings. The number of hydrogen-bond acceptors (Lipinski definition) is 2. The third-order valence-corrected chi connectivity index (χ3v) is 3.24. The minimum atomic E-state index is -0.0135. The molecule has 1 aliphatic rings. The van der Waals surface area contributed by atoms with Gasteiger partial charge in [-0.2, -0.15) is 0 Å². The van der Waals surface area contributed by atoms with Crippen molar-refractivity contribution in [2.45, 2.75) is 19.9 Å². The average Bonchev–Trinajstić information content (AvgIpc) is 2.62. The number of rotatable bonds is 3. The van der Waals surface area contributed by atoms with Crippen LogP contribution in [-0.2, 0) is 0 Å². The molecule has 1 saturated heterocycles. The van der Waals surface area contributed by atoms with Gasteiger partial charge in [-0.15, -0.1) is 0 Å². The summed E-state index contributed by atoms with van der Waals surface area (Å²) in [5, 5.41) is 2.88. The lowest BCUT2D eigenvalue weighted by atomic mass is 9.99. The number of nitrogens with one attached hydrogen (secondary N) is 1. The van der Waals surface area contributed by atoms with Crippen molar-refractivity contribution in [1.29, 1.82) is 0 Å². The summed E-state index contributed by atoms with van der Waals surface area (Å²) in [5.41, 5.74) is 9.24. The van der Waals surface area contributed by atoms with E-state index < -0.39 is 0 Å². The molecule has 1 fully saturated rings. The van der Waals surface area contributed by atoms with Crippen molar-refractivity contribution in [3.05, 3.63) is 34.9 Å². The molecule has 1 atom stereocenters. The first kappa shape index (κ1) is 11.9. The number of carbonyl (C=O) groups is 1. The number of urea groups is 1. The maximum atomic E-state index is 11.7. The Balaban J connectivity index is 2.29. The van der Waals surface area contributed by atoms with Gasteiger partial charge in [0, 0.05) is 19.6 Å². The average molecular weight is 233 g/mol. The Bertz CT molecular complexity index is 431. The van der Waals surface area contributed by atoms with E-state index in [-0.39, 0.29) is 12.1 Å². The minimum absolute atomic E-state index is 0.0135. The molecule has 2 rings (SSSR count). The van der Waals surface area contributed by atoms with Crippen molar-refractivity contribution in [2.24, 2.45) is 5.73 Å². The summed E-state index contributed by atoms with van der Waals surface area (Å²) in [6.07, 6.45) is 0. The first-order valence-corrected chi connectivity index (χ1v) is 5.95. The Morgan fingerprint density at radius 2 is 2.24 bits per heavy atom. The summed E-state index contributed by atoms with van der Waals surface area (Å²) >= 11 is 0. The lowest BCUT2D eigenvalue weighted by Crippen LogP contribution is -2.34. The maximum Gasteiger partial charge on any atom is 0.318 e. The molecular weight excluding hydrogens is 214 g/mol. The largest absolute Gasteiger partial charge is 0.336 e. The van der Waals surface area contributed by atoms with Gasteiger partial charge in [-0.3, -0.25) is 0 Å². The molecule has 2 amide bonds. The SMILES string of the molecule is Cc1ccc(C2CNC(=O)N2CCN)c(C)c1. The van der Waals surface area contributed by atoms with Crippen molar-refractivity contribution in [1.82, 2.24) is 10.2 Å². The van der Waals surface area contributed by atoms with Gasteiger partial charge in [-0.25, -0.2) is 4.79 Å². The summed E-state index contributed by atoms with van der Waals surface area (Å²) in [5.74, 6) is 0. The van der Waals surface area contributed by atoms with Crippen LogP contribution in [0.1, 0.15) is 22.7 Å². The highest BCUT2D eigenvalue weighted by Crippen LogP contribution is 2.27. The smallest absolute Gasteiger partial charge is 0.318 e. The van der Waals surface area contributed by atoms with Crippen molar-refractivity contribution >= 4 is 6.03 Å². The number of amides is 2. The summed E-state index contributed by atoms with van der Waals surface area (Å²) in [6.45, 7) is 5.93. The van der Waals surface area contributed by atoms with Gasteiger partial charge < -0.3 is 16.0 Å². The Morgan fingerprint density at radius 3 is 2.88 bits per heavy atom. The molecule has 0 aliphatic carbocycles. The van der Waals surface area contributed by atoms with Crippen LogP contribution in [0.5, 0.6) is 0 Å². The lowest BCUT2D eigenvalue weighted by Gasteiger charge is -2.24. The van der Waals surface area contributed by atoms with Crippen LogP contribution in [0.3, 0.4) is 0 Å². The quantitative estimate of drug-likeness (QED) is 0.827. The molecule has 4 nitrogen and oxygen atoms in total. The van der Waals surface area contributed by atoms with Crippen LogP contribution in [-0.4, -0.2) is 30.6 Å². The van der Waals surface area contributed by atoms with E-state index in [9.17, 15) is 4.79 Å². The fourth-order valence-corrected chi connectivity index (χ4v) is 2.41. The highest BCUT2D eigenvalue weighted by Gasteiger charge is 2.31. The third-order valence-electron chi connectivity index (χ3n) is 3.24. The number of hydrogen-bond donors (Lipinski definition) is 2. The second-order valence-electron chi connectivity index (χ2n) is 4.54. The van der Waals surface area contributed by atoms with E-state index in [1.54, 1.807) is 0 Å². The normalized spacial score (nSPS) is 19.6. The van der Waals surface area contributed by atoms with Crippen LogP contribution in [0.4, 0.5) is 4.79 Å². The Morgan fingerprint density at radius 1 is 1.47 bits per heavy atom. The van der Waals surface area contributed by atoms with E-state index in [2.05, 4.69) is 37.4 Å². The predicted molar refractivity (Wildman–Crippen MR) is 67.8 cm³/mol. The lowest BCUT2D eigenvalue weighted by molar-refractivity contribution is 0.206. The summed E-state index contributed by atoms with van der Waals surface area (Å²) in [6, 6.07) is 6.45. The minimum Gasteiger partial charge on any atom is -0.336 e. The fourth-order valence-electron chi connectivity index (χ4n) is 2.41. The van der Waals surface area contributed by atoms with Gasteiger partial charge in [0.05, 0.1) is 6.04 Å². The first-order chi connectivity index (χ1) is 8.13. The van der Waals surface area contributed by atoms with Gasteiger partial charge >= 0.3 is 6.03 Å². The Kier molecular flexibility index (Phi) is 3.33. The summed E-state index contributed by atoms with van der Waals surface area (Å²) in [4.78, 5) is 13.5. The Labute approximate surface area is 102 Å². The highest BCUT2D eigenvalue weighted by molar-refractivity contribution is 5.77. The molecule has 1 unspecified atom stereocenters. The molecule has 0 bridgehead atoms. The van der Waals surface area contributed by atoms with Crippen LogP contribution in [0.25, 0.3) is 0 Å². The van der Waals surface area contributed by atoms with Crippen molar-refractivity contribution in [2.75, 3.05) is 19.6 Å². The van der Waals surface area contributed by atoms with Crippen LogP contribution >= 0.6 is 0 Å². The molecule has 3 N–H and O–H groups in total. The van der Waals surface area contributed by atoms with Gasteiger partial charge in [0.2, 0.25) is 0 Å². The number of carbonyl (C=O) groups excluding carboxylic acids is 1. The molecule has 0 radical (unpaired) electrons. The zero-order chi connectivity index (χ0) is 12.4. The number of nitrogens with two attached hydrogens (primary N) is 1. The van der Waals surface area contributed by atoms with Crippen LogP contribution < -0.4 is 11.1 Å². The predicted octanol–water partition coefficient (Wildman–Crippen LogP) is 1.33. The van der Waals surface area contributed by atoms with Crippen molar-refractivity contribution in [3.63, 3.8) is 0 Å². The van der Waals surface area contributed by atoms with Gasteiger partial charge in [0.25, 0.3) is 0 Å². The van der Waals surface area contributed by atoms with E-state index in [0.717, 1.165) is 0 Å². The molecule has 0 saturated carbocycles. The van der Waals surface area contributed by atoms with Gasteiger partial charge in [-0.1, -0.05) is 23.8 Å². The van der Waals surface area contributed by atoms with Gasteiger partial charge in [0.1, 0.15) is 0 Å². The van der Waals surface area contributed by atoms with Crippen molar-refractivity contribution < 1.29 is 4.79 Å². The number of aryl methyl sites for hydroxylation is 2. The monoisotopic (exact) mass is 233 g/mol. The third kappa shape index (κ3) is 2.26. The fraction of sp³-hybridized carbons (Fsp3) is 0.462. The molecule has 0 spiro atoms. The van der Waals surface area contributed by atoms with E-state index in [4.69, 9.17) is 5.73 Å².